The predicted octanol–water partition coefficient (Wildman–Crippen LogP) is 2.86. The summed E-state index contributed by atoms with van der Waals surface area (Å²) in [7, 11) is 0. The molecule has 28 heavy (non-hydrogen) atoms. The zero-order valence-corrected chi connectivity index (χ0v) is 14.8. The second-order valence-electron chi connectivity index (χ2n) is 6.34. The van der Waals surface area contributed by atoms with Gasteiger partial charge in [0, 0.05) is 32.2 Å². The second-order valence-corrected chi connectivity index (χ2v) is 6.34. The molecule has 146 valence electrons. The Hall–Kier alpha value is -3.36. The summed E-state index contributed by atoms with van der Waals surface area (Å²) in [6.45, 7) is 0.943. The molecule has 0 spiro atoms. The Morgan fingerprint density at radius 3 is 1.96 bits per heavy atom. The molecule has 1 saturated heterocycles. The lowest BCUT2D eigenvalue weighted by atomic mass is 10.1. The third-order valence-corrected chi connectivity index (χ3v) is 4.57. The minimum Gasteiger partial charge on any atom is -0.337 e. The van der Waals surface area contributed by atoms with E-state index in [0.29, 0.717) is 19.0 Å². The quantitative estimate of drug-likeness (QED) is 0.597. The summed E-state index contributed by atoms with van der Waals surface area (Å²) in [5, 5.41) is 10.7. The molecule has 2 aromatic rings. The van der Waals surface area contributed by atoms with Crippen LogP contribution < -0.4 is 0 Å². The van der Waals surface area contributed by atoms with E-state index in [0.717, 1.165) is 12.1 Å². The van der Waals surface area contributed by atoms with E-state index in [-0.39, 0.29) is 30.8 Å². The molecule has 0 aromatic heterocycles. The number of amides is 2. The normalized spacial score (nSPS) is 14.5. The summed E-state index contributed by atoms with van der Waals surface area (Å²) in [5.41, 5.74) is -0.741. The number of non-ortho nitro benzene ring substituents is 1. The van der Waals surface area contributed by atoms with Crippen LogP contribution in [0.5, 0.6) is 0 Å². The van der Waals surface area contributed by atoms with Crippen LogP contribution in [0.15, 0.2) is 42.5 Å². The van der Waals surface area contributed by atoms with Crippen LogP contribution in [-0.2, 0) is 0 Å². The lowest BCUT2D eigenvalue weighted by molar-refractivity contribution is -0.385. The highest BCUT2D eigenvalue weighted by molar-refractivity contribution is 5.96. The molecule has 2 aromatic carbocycles. The molecule has 1 aliphatic rings. The number of carbonyl (C=O) groups excluding carboxylic acids is 2. The summed E-state index contributed by atoms with van der Waals surface area (Å²) >= 11 is 0. The van der Waals surface area contributed by atoms with Crippen LogP contribution in [0.3, 0.4) is 0 Å². The number of benzene rings is 2. The van der Waals surface area contributed by atoms with Crippen LogP contribution >= 0.6 is 0 Å². The lowest BCUT2D eigenvalue weighted by Gasteiger charge is -2.22. The molecular formula is C19H17F2N3O4. The Kier molecular flexibility index (Phi) is 5.62. The van der Waals surface area contributed by atoms with Crippen molar-refractivity contribution in [1.82, 2.24) is 9.80 Å². The summed E-state index contributed by atoms with van der Waals surface area (Å²) in [5.74, 6) is -2.65. The summed E-state index contributed by atoms with van der Waals surface area (Å²) in [6, 6.07) is 8.54. The van der Waals surface area contributed by atoms with Crippen LogP contribution in [0.1, 0.15) is 27.1 Å². The third-order valence-electron chi connectivity index (χ3n) is 4.57. The third kappa shape index (κ3) is 3.98. The first-order valence-electron chi connectivity index (χ1n) is 8.65. The number of rotatable bonds is 3. The topological polar surface area (TPSA) is 83.8 Å². The van der Waals surface area contributed by atoms with Crippen molar-refractivity contribution in [1.29, 1.82) is 0 Å². The minimum atomic E-state index is -0.970. The molecule has 0 saturated carbocycles. The first kappa shape index (κ1) is 19.4. The molecular weight excluding hydrogens is 372 g/mol. The molecule has 0 N–H and O–H groups in total. The highest BCUT2D eigenvalue weighted by Crippen LogP contribution is 2.19. The fourth-order valence-corrected chi connectivity index (χ4v) is 3.09. The Morgan fingerprint density at radius 1 is 0.857 bits per heavy atom. The maximum Gasteiger partial charge on any atom is 0.272 e. The van der Waals surface area contributed by atoms with Crippen molar-refractivity contribution < 1.29 is 23.3 Å². The predicted molar refractivity (Wildman–Crippen MR) is 95.9 cm³/mol. The average molecular weight is 389 g/mol. The van der Waals surface area contributed by atoms with Gasteiger partial charge in [-0.3, -0.25) is 19.7 Å². The molecule has 7 nitrogen and oxygen atoms in total. The fraction of sp³-hybridized carbons (Fsp3) is 0.263. The SMILES string of the molecule is O=C(c1ccccc1F)N1CCCN(C(=O)c2ccc([N+](=O)[O-])cc2F)CC1. The first-order valence-corrected chi connectivity index (χ1v) is 8.65. The molecule has 1 aliphatic heterocycles. The standard InChI is InChI=1S/C19H17F2N3O4/c20-16-5-2-1-4-14(16)18(25)22-8-3-9-23(11-10-22)19(26)15-7-6-13(24(27)28)12-17(15)21/h1-2,4-7,12H,3,8-11H2. The fourth-order valence-electron chi connectivity index (χ4n) is 3.09. The number of nitro benzene ring substituents is 1. The summed E-state index contributed by atoms with van der Waals surface area (Å²) < 4.78 is 28.0. The average Bonchev–Trinajstić information content (AvgIpc) is 2.93. The van der Waals surface area contributed by atoms with Gasteiger partial charge in [0.1, 0.15) is 11.6 Å². The van der Waals surface area contributed by atoms with Gasteiger partial charge in [-0.2, -0.15) is 0 Å². The summed E-state index contributed by atoms with van der Waals surface area (Å²) in [4.78, 5) is 37.9. The first-order chi connectivity index (χ1) is 13.4. The maximum atomic E-state index is 14.1. The Balaban J connectivity index is 1.71. The molecule has 9 heteroatoms. The Bertz CT molecular complexity index is 935. The van der Waals surface area contributed by atoms with E-state index in [1.165, 1.54) is 28.0 Å². The van der Waals surface area contributed by atoms with E-state index in [9.17, 15) is 28.5 Å². The van der Waals surface area contributed by atoms with E-state index in [1.807, 2.05) is 0 Å². The molecule has 0 atom stereocenters. The van der Waals surface area contributed by atoms with Crippen molar-refractivity contribution >= 4 is 17.5 Å². The van der Waals surface area contributed by atoms with Gasteiger partial charge >= 0.3 is 0 Å². The smallest absolute Gasteiger partial charge is 0.272 e. The highest BCUT2D eigenvalue weighted by Gasteiger charge is 2.26. The number of hydrogen-bond donors (Lipinski definition) is 0. The van der Waals surface area contributed by atoms with Gasteiger partial charge in [0.15, 0.2) is 0 Å². The molecule has 1 heterocycles. The number of hydrogen-bond acceptors (Lipinski definition) is 4. The molecule has 3 rings (SSSR count). The second kappa shape index (κ2) is 8.12. The van der Waals surface area contributed by atoms with Crippen molar-refractivity contribution in [3.05, 3.63) is 75.3 Å². The van der Waals surface area contributed by atoms with Gasteiger partial charge in [-0.1, -0.05) is 12.1 Å². The van der Waals surface area contributed by atoms with E-state index >= 15 is 0 Å². The van der Waals surface area contributed by atoms with Crippen molar-refractivity contribution in [2.75, 3.05) is 26.2 Å². The maximum absolute atomic E-state index is 14.1. The molecule has 1 fully saturated rings. The highest BCUT2D eigenvalue weighted by atomic mass is 19.1. The van der Waals surface area contributed by atoms with Crippen LogP contribution in [0.25, 0.3) is 0 Å². The number of nitro groups is 1. The molecule has 0 aliphatic carbocycles. The lowest BCUT2D eigenvalue weighted by Crippen LogP contribution is -2.37. The Labute approximate surface area is 159 Å². The van der Waals surface area contributed by atoms with Gasteiger partial charge < -0.3 is 9.80 Å². The molecule has 0 bridgehead atoms. The van der Waals surface area contributed by atoms with Gasteiger partial charge in [0.05, 0.1) is 22.1 Å². The van der Waals surface area contributed by atoms with Crippen LogP contribution in [0.2, 0.25) is 0 Å². The van der Waals surface area contributed by atoms with Gasteiger partial charge in [0.2, 0.25) is 0 Å². The van der Waals surface area contributed by atoms with E-state index < -0.39 is 34.1 Å². The molecule has 0 radical (unpaired) electrons. The van der Waals surface area contributed by atoms with E-state index in [4.69, 9.17) is 0 Å². The van der Waals surface area contributed by atoms with Crippen LogP contribution in [0, 0.1) is 21.7 Å². The molecule has 2 amide bonds. The van der Waals surface area contributed by atoms with Crippen molar-refractivity contribution in [2.45, 2.75) is 6.42 Å². The van der Waals surface area contributed by atoms with E-state index in [2.05, 4.69) is 0 Å². The van der Waals surface area contributed by atoms with Gasteiger partial charge in [-0.25, -0.2) is 8.78 Å². The van der Waals surface area contributed by atoms with E-state index in [1.54, 1.807) is 6.07 Å². The van der Waals surface area contributed by atoms with Crippen molar-refractivity contribution in [3.8, 4) is 0 Å². The van der Waals surface area contributed by atoms with Gasteiger partial charge in [0.25, 0.3) is 17.5 Å². The van der Waals surface area contributed by atoms with Crippen LogP contribution in [-0.4, -0.2) is 52.7 Å². The number of nitrogens with zero attached hydrogens (tertiary/aromatic N) is 3. The van der Waals surface area contributed by atoms with Gasteiger partial charge in [-0.15, -0.1) is 0 Å². The van der Waals surface area contributed by atoms with Crippen molar-refractivity contribution in [3.63, 3.8) is 0 Å². The largest absolute Gasteiger partial charge is 0.337 e. The Morgan fingerprint density at radius 2 is 1.43 bits per heavy atom. The molecule has 0 unspecified atom stereocenters. The van der Waals surface area contributed by atoms with Gasteiger partial charge in [-0.05, 0) is 24.6 Å². The monoisotopic (exact) mass is 389 g/mol. The zero-order valence-electron chi connectivity index (χ0n) is 14.8. The number of halogens is 2. The number of carbonyl (C=O) groups is 2. The van der Waals surface area contributed by atoms with Crippen molar-refractivity contribution in [2.24, 2.45) is 0 Å². The minimum absolute atomic E-state index is 0.0383. The zero-order chi connectivity index (χ0) is 20.3. The van der Waals surface area contributed by atoms with Crippen LogP contribution in [0.4, 0.5) is 14.5 Å². The summed E-state index contributed by atoms with van der Waals surface area (Å²) in [6.07, 6.45) is 0.445.